The Kier molecular flexibility index (Phi) is 6.20. The number of nitrogens with zero attached hydrogens (tertiary/aromatic N) is 2. The number of hydrogen-bond donors (Lipinski definition) is 3. The van der Waals surface area contributed by atoms with E-state index in [1.165, 1.54) is 11.6 Å². The number of amides is 1. The predicted molar refractivity (Wildman–Crippen MR) is 121 cm³/mol. The van der Waals surface area contributed by atoms with E-state index in [-0.39, 0.29) is 35.3 Å². The van der Waals surface area contributed by atoms with Crippen molar-refractivity contribution in [2.45, 2.75) is 31.2 Å². The lowest BCUT2D eigenvalue weighted by Gasteiger charge is -2.28. The van der Waals surface area contributed by atoms with Gasteiger partial charge in [-0.3, -0.25) is 14.7 Å². The number of fused-ring (bicyclic) bond motifs is 1. The molecule has 0 bridgehead atoms. The van der Waals surface area contributed by atoms with Gasteiger partial charge in [0.05, 0.1) is 23.6 Å². The fourth-order valence-electron chi connectivity index (χ4n) is 4.38. The summed E-state index contributed by atoms with van der Waals surface area (Å²) < 4.78 is 41.2. The van der Waals surface area contributed by atoms with E-state index in [0.29, 0.717) is 6.54 Å². The molecule has 4 N–H and O–H groups in total. The summed E-state index contributed by atoms with van der Waals surface area (Å²) in [5, 5.41) is 5.76. The lowest BCUT2D eigenvalue weighted by atomic mass is 9.84. The van der Waals surface area contributed by atoms with Crippen LogP contribution in [0, 0.1) is 0 Å². The van der Waals surface area contributed by atoms with Crippen LogP contribution in [0.15, 0.2) is 47.5 Å². The van der Waals surface area contributed by atoms with E-state index in [1.54, 1.807) is 0 Å². The first-order valence-electron chi connectivity index (χ1n) is 10.7. The van der Waals surface area contributed by atoms with Gasteiger partial charge in [0.2, 0.25) is 5.91 Å². The van der Waals surface area contributed by atoms with E-state index >= 15 is 0 Å². The zero-order valence-electron chi connectivity index (χ0n) is 18.2. The molecule has 176 valence electrons. The standard InChI is InChI=1S/C23H26F3N5O2/c1-22(13-29-19-5-3-2-4-17(19)22)14-31-9-8-15(12-31)30-21(32)11-28-20-10-16(6-7-18(20)27)33-23(24,25)26/h2-7,10,13,15,28H,8-9,11-12,14,27H2,1H3,(H,30,32)/t15-,22?/m1/s1. The molecule has 0 aliphatic carbocycles. The lowest BCUT2D eigenvalue weighted by molar-refractivity contribution is -0.274. The third kappa shape index (κ3) is 5.57. The van der Waals surface area contributed by atoms with E-state index in [4.69, 9.17) is 5.73 Å². The number of rotatable bonds is 7. The smallest absolute Gasteiger partial charge is 0.406 e. The normalized spacial score (nSPS) is 22.2. The van der Waals surface area contributed by atoms with Gasteiger partial charge in [0.15, 0.2) is 0 Å². The average molecular weight is 461 g/mol. The van der Waals surface area contributed by atoms with E-state index < -0.39 is 12.1 Å². The van der Waals surface area contributed by atoms with Gasteiger partial charge < -0.3 is 21.1 Å². The summed E-state index contributed by atoms with van der Waals surface area (Å²) in [4.78, 5) is 19.3. The number of hydrogen-bond acceptors (Lipinski definition) is 6. The van der Waals surface area contributed by atoms with Crippen molar-refractivity contribution < 1.29 is 22.7 Å². The van der Waals surface area contributed by atoms with Crippen LogP contribution in [0.2, 0.25) is 0 Å². The summed E-state index contributed by atoms with van der Waals surface area (Å²) in [5.41, 5.74) is 8.25. The molecule has 1 fully saturated rings. The highest BCUT2D eigenvalue weighted by Crippen LogP contribution is 2.37. The Bertz CT molecular complexity index is 1060. The van der Waals surface area contributed by atoms with Gasteiger partial charge in [-0.15, -0.1) is 13.2 Å². The number of likely N-dealkylation sites (tertiary alicyclic amines) is 1. The summed E-state index contributed by atoms with van der Waals surface area (Å²) in [6.07, 6.45) is -1.99. The number of carbonyl (C=O) groups excluding carboxylic acids is 1. The Hall–Kier alpha value is -3.27. The Morgan fingerprint density at radius 1 is 1.30 bits per heavy atom. The van der Waals surface area contributed by atoms with Crippen LogP contribution >= 0.6 is 0 Å². The van der Waals surface area contributed by atoms with Gasteiger partial charge >= 0.3 is 6.36 Å². The Labute approximate surface area is 189 Å². The highest BCUT2D eigenvalue weighted by molar-refractivity contribution is 5.85. The molecule has 1 amide bonds. The molecular formula is C23H26F3N5O2. The topological polar surface area (TPSA) is 92.0 Å². The van der Waals surface area contributed by atoms with Gasteiger partial charge in [0, 0.05) is 43.4 Å². The minimum absolute atomic E-state index is 0.00581. The van der Waals surface area contributed by atoms with Crippen LogP contribution in [0.1, 0.15) is 18.9 Å². The molecule has 0 aromatic heterocycles. The van der Waals surface area contributed by atoms with E-state index in [2.05, 4.69) is 38.3 Å². The van der Waals surface area contributed by atoms with Gasteiger partial charge in [0.1, 0.15) is 5.75 Å². The summed E-state index contributed by atoms with van der Waals surface area (Å²) >= 11 is 0. The Balaban J connectivity index is 1.27. The SMILES string of the molecule is CC1(CN2CC[C@@H](NC(=O)CNc3cc(OC(F)(F)F)ccc3N)C2)C=Nc2ccccc21. The molecule has 10 heteroatoms. The van der Waals surface area contributed by atoms with Gasteiger partial charge in [-0.05, 0) is 37.1 Å². The van der Waals surface area contributed by atoms with Crippen LogP contribution in [-0.2, 0) is 10.2 Å². The maximum absolute atomic E-state index is 12.4. The van der Waals surface area contributed by atoms with Crippen molar-refractivity contribution in [3.8, 4) is 5.75 Å². The first-order chi connectivity index (χ1) is 15.6. The summed E-state index contributed by atoms with van der Waals surface area (Å²) in [6, 6.07) is 11.6. The molecule has 33 heavy (non-hydrogen) atoms. The van der Waals surface area contributed by atoms with Crippen LogP contribution < -0.4 is 21.1 Å². The predicted octanol–water partition coefficient (Wildman–Crippen LogP) is 3.44. The van der Waals surface area contributed by atoms with Crippen molar-refractivity contribution in [3.63, 3.8) is 0 Å². The lowest BCUT2D eigenvalue weighted by Crippen LogP contribution is -2.42. The molecule has 1 saturated heterocycles. The second-order valence-corrected chi connectivity index (χ2v) is 8.63. The summed E-state index contributed by atoms with van der Waals surface area (Å²) in [5.74, 6) is -0.668. The van der Waals surface area contributed by atoms with E-state index in [1.807, 2.05) is 24.4 Å². The third-order valence-corrected chi connectivity index (χ3v) is 5.90. The zero-order valence-corrected chi connectivity index (χ0v) is 18.2. The fourth-order valence-corrected chi connectivity index (χ4v) is 4.38. The van der Waals surface area contributed by atoms with Crippen molar-refractivity contribution in [1.29, 1.82) is 0 Å². The van der Waals surface area contributed by atoms with Gasteiger partial charge in [-0.1, -0.05) is 18.2 Å². The number of carbonyl (C=O) groups is 1. The van der Waals surface area contributed by atoms with Crippen LogP contribution in [0.4, 0.5) is 30.2 Å². The molecule has 4 rings (SSSR count). The van der Waals surface area contributed by atoms with Crippen molar-refractivity contribution in [3.05, 3.63) is 48.0 Å². The molecule has 2 heterocycles. The van der Waals surface area contributed by atoms with Crippen LogP contribution in [0.5, 0.6) is 5.75 Å². The summed E-state index contributed by atoms with van der Waals surface area (Å²) in [6.45, 7) is 4.43. The van der Waals surface area contributed by atoms with Crippen LogP contribution in [0.3, 0.4) is 0 Å². The Morgan fingerprint density at radius 3 is 2.88 bits per heavy atom. The maximum atomic E-state index is 12.4. The largest absolute Gasteiger partial charge is 0.573 e. The number of ether oxygens (including phenoxy) is 1. The molecular weight excluding hydrogens is 435 g/mol. The number of benzene rings is 2. The third-order valence-electron chi connectivity index (χ3n) is 5.90. The molecule has 2 aromatic carbocycles. The Morgan fingerprint density at radius 2 is 2.09 bits per heavy atom. The van der Waals surface area contributed by atoms with Crippen LogP contribution in [-0.4, -0.2) is 55.6 Å². The molecule has 7 nitrogen and oxygen atoms in total. The average Bonchev–Trinajstić information content (AvgIpc) is 3.32. The fraction of sp³-hybridized carbons (Fsp3) is 0.391. The molecule has 0 saturated carbocycles. The minimum atomic E-state index is -4.80. The van der Waals surface area contributed by atoms with Crippen molar-refractivity contribution in [2.24, 2.45) is 4.99 Å². The number of alkyl halides is 3. The maximum Gasteiger partial charge on any atom is 0.573 e. The number of nitrogen functional groups attached to an aromatic ring is 1. The highest BCUT2D eigenvalue weighted by Gasteiger charge is 2.36. The molecule has 2 aliphatic rings. The molecule has 2 aromatic rings. The van der Waals surface area contributed by atoms with Gasteiger partial charge in [0.25, 0.3) is 0 Å². The highest BCUT2D eigenvalue weighted by atomic mass is 19.4. The number of para-hydroxylation sites is 1. The second-order valence-electron chi connectivity index (χ2n) is 8.63. The molecule has 2 aliphatic heterocycles. The second kappa shape index (κ2) is 8.93. The molecule has 1 unspecified atom stereocenters. The van der Waals surface area contributed by atoms with E-state index in [9.17, 15) is 18.0 Å². The van der Waals surface area contributed by atoms with Crippen molar-refractivity contribution >= 4 is 29.2 Å². The monoisotopic (exact) mass is 461 g/mol. The van der Waals surface area contributed by atoms with Crippen molar-refractivity contribution in [2.75, 3.05) is 37.2 Å². The van der Waals surface area contributed by atoms with Crippen molar-refractivity contribution in [1.82, 2.24) is 10.2 Å². The number of aliphatic imine (C=N–C) groups is 1. The molecule has 0 radical (unpaired) electrons. The first kappa shape index (κ1) is 22.9. The molecule has 2 atom stereocenters. The minimum Gasteiger partial charge on any atom is -0.406 e. The zero-order chi connectivity index (χ0) is 23.6. The quantitative estimate of drug-likeness (QED) is 0.550. The number of nitrogens with two attached hydrogens (primary N) is 1. The summed E-state index contributed by atoms with van der Waals surface area (Å²) in [7, 11) is 0. The van der Waals surface area contributed by atoms with Gasteiger partial charge in [-0.25, -0.2) is 0 Å². The number of anilines is 2. The van der Waals surface area contributed by atoms with E-state index in [0.717, 1.165) is 37.3 Å². The van der Waals surface area contributed by atoms with Gasteiger partial charge in [-0.2, -0.15) is 0 Å². The number of halogens is 3. The van der Waals surface area contributed by atoms with Crippen LogP contribution in [0.25, 0.3) is 0 Å². The number of nitrogens with one attached hydrogen (secondary N) is 2. The first-order valence-corrected chi connectivity index (χ1v) is 10.7. The molecule has 0 spiro atoms.